The first kappa shape index (κ1) is 21.4. The van der Waals surface area contributed by atoms with Gasteiger partial charge in [-0.3, -0.25) is 14.4 Å². The Kier molecular flexibility index (Phi) is 7.93. The van der Waals surface area contributed by atoms with Gasteiger partial charge in [-0.05, 0) is 49.9 Å². The molecule has 0 radical (unpaired) electrons. The molecule has 0 spiro atoms. The number of ether oxygens (including phenoxy) is 1. The summed E-state index contributed by atoms with van der Waals surface area (Å²) in [6.45, 7) is 4.45. The van der Waals surface area contributed by atoms with Gasteiger partial charge in [0.15, 0.2) is 5.78 Å². The average Bonchev–Trinajstić information content (AvgIpc) is 2.71. The summed E-state index contributed by atoms with van der Waals surface area (Å²) in [5.74, 6) is -0.643. The summed E-state index contributed by atoms with van der Waals surface area (Å²) in [5, 5.41) is 2.86. The maximum absolute atomic E-state index is 12.9. The number of benzene rings is 2. The predicted molar refractivity (Wildman–Crippen MR) is 109 cm³/mol. The van der Waals surface area contributed by atoms with Crippen LogP contribution >= 0.6 is 0 Å². The third kappa shape index (κ3) is 5.78. The first-order valence-corrected chi connectivity index (χ1v) is 9.50. The van der Waals surface area contributed by atoms with E-state index in [0.29, 0.717) is 29.7 Å². The van der Waals surface area contributed by atoms with Crippen molar-refractivity contribution in [2.45, 2.75) is 39.5 Å². The van der Waals surface area contributed by atoms with Crippen molar-refractivity contribution in [3.05, 3.63) is 70.3 Å². The second kappa shape index (κ2) is 10.4. The number of methoxy groups -OCH3 is 1. The molecule has 0 atom stereocenters. The number of rotatable bonds is 9. The Morgan fingerprint density at radius 3 is 2.29 bits per heavy atom. The van der Waals surface area contributed by atoms with E-state index in [1.165, 1.54) is 7.11 Å². The number of carbonyl (C=O) groups is 3. The molecule has 5 heteroatoms. The van der Waals surface area contributed by atoms with Gasteiger partial charge in [0.05, 0.1) is 12.7 Å². The Labute approximate surface area is 166 Å². The van der Waals surface area contributed by atoms with Crippen LogP contribution in [0.1, 0.15) is 63.1 Å². The van der Waals surface area contributed by atoms with E-state index in [4.69, 9.17) is 0 Å². The van der Waals surface area contributed by atoms with Gasteiger partial charge < -0.3 is 10.1 Å². The van der Waals surface area contributed by atoms with Gasteiger partial charge in [0, 0.05) is 24.1 Å². The molecule has 0 aromatic heterocycles. The number of hydrogen-bond acceptors (Lipinski definition) is 4. The smallest absolute Gasteiger partial charge is 0.305 e. The Balaban J connectivity index is 1.98. The monoisotopic (exact) mass is 381 g/mol. The second-order valence-corrected chi connectivity index (χ2v) is 6.82. The molecule has 0 saturated heterocycles. The molecule has 0 aliphatic rings. The number of esters is 1. The molecule has 2 rings (SSSR count). The first-order valence-electron chi connectivity index (χ1n) is 9.50. The number of amides is 1. The van der Waals surface area contributed by atoms with Crippen LogP contribution in [-0.4, -0.2) is 31.3 Å². The lowest BCUT2D eigenvalue weighted by Crippen LogP contribution is -2.26. The van der Waals surface area contributed by atoms with Crippen molar-refractivity contribution < 1.29 is 19.1 Å². The van der Waals surface area contributed by atoms with Gasteiger partial charge in [0.25, 0.3) is 5.91 Å². The van der Waals surface area contributed by atoms with Crippen molar-refractivity contribution in [3.63, 3.8) is 0 Å². The number of unbranched alkanes of at least 4 members (excludes halogenated alkanes) is 2. The van der Waals surface area contributed by atoms with E-state index in [9.17, 15) is 14.4 Å². The molecule has 0 heterocycles. The van der Waals surface area contributed by atoms with Crippen molar-refractivity contribution in [2.75, 3.05) is 13.7 Å². The Morgan fingerprint density at radius 2 is 1.61 bits per heavy atom. The molecule has 0 saturated carbocycles. The molecule has 0 fully saturated rings. The Hall–Kier alpha value is -2.95. The van der Waals surface area contributed by atoms with Gasteiger partial charge in [-0.15, -0.1) is 0 Å². The summed E-state index contributed by atoms with van der Waals surface area (Å²) in [4.78, 5) is 36.6. The van der Waals surface area contributed by atoms with Crippen molar-refractivity contribution in [1.82, 2.24) is 5.32 Å². The van der Waals surface area contributed by atoms with Crippen LogP contribution in [0.25, 0.3) is 0 Å². The number of carbonyl (C=O) groups excluding carboxylic acids is 3. The molecule has 1 amide bonds. The zero-order chi connectivity index (χ0) is 20.5. The molecule has 28 heavy (non-hydrogen) atoms. The number of aryl methyl sites for hydroxylation is 2. The summed E-state index contributed by atoms with van der Waals surface area (Å²) >= 11 is 0. The maximum atomic E-state index is 12.9. The lowest BCUT2D eigenvalue weighted by atomic mass is 9.95. The minimum absolute atomic E-state index is 0.160. The molecular weight excluding hydrogens is 354 g/mol. The Morgan fingerprint density at radius 1 is 0.893 bits per heavy atom. The number of ketones is 1. The van der Waals surface area contributed by atoms with Crippen LogP contribution < -0.4 is 5.32 Å². The molecule has 0 aliphatic carbocycles. The minimum atomic E-state index is -0.263. The van der Waals surface area contributed by atoms with E-state index < -0.39 is 0 Å². The lowest BCUT2D eigenvalue weighted by molar-refractivity contribution is -0.140. The van der Waals surface area contributed by atoms with Crippen molar-refractivity contribution in [1.29, 1.82) is 0 Å². The normalized spacial score (nSPS) is 10.4. The quantitative estimate of drug-likeness (QED) is 0.405. The van der Waals surface area contributed by atoms with Crippen molar-refractivity contribution in [2.24, 2.45) is 0 Å². The van der Waals surface area contributed by atoms with Gasteiger partial charge in [0.2, 0.25) is 0 Å². The molecular formula is C23H27NO4. The van der Waals surface area contributed by atoms with Gasteiger partial charge in [-0.1, -0.05) is 36.8 Å². The van der Waals surface area contributed by atoms with Crippen molar-refractivity contribution in [3.8, 4) is 0 Å². The average molecular weight is 381 g/mol. The fourth-order valence-electron chi connectivity index (χ4n) is 2.89. The third-order valence-corrected chi connectivity index (χ3v) is 4.76. The first-order chi connectivity index (χ1) is 13.4. The van der Waals surface area contributed by atoms with E-state index in [1.54, 1.807) is 30.3 Å². The van der Waals surface area contributed by atoms with Crippen LogP contribution in [-0.2, 0) is 9.53 Å². The molecule has 0 aliphatic heterocycles. The van der Waals surface area contributed by atoms with E-state index in [1.807, 2.05) is 26.0 Å². The Bertz CT molecular complexity index is 857. The highest BCUT2D eigenvalue weighted by Gasteiger charge is 2.18. The van der Waals surface area contributed by atoms with Crippen LogP contribution in [0.3, 0.4) is 0 Å². The van der Waals surface area contributed by atoms with E-state index in [-0.39, 0.29) is 17.7 Å². The van der Waals surface area contributed by atoms with E-state index >= 15 is 0 Å². The summed E-state index contributed by atoms with van der Waals surface area (Å²) in [6.07, 6.45) is 2.69. The minimum Gasteiger partial charge on any atom is -0.469 e. The number of nitrogens with one attached hydrogen (secondary N) is 1. The maximum Gasteiger partial charge on any atom is 0.305 e. The number of hydrogen-bond donors (Lipinski definition) is 1. The fourth-order valence-corrected chi connectivity index (χ4v) is 2.89. The van der Waals surface area contributed by atoms with Gasteiger partial charge in [-0.25, -0.2) is 0 Å². The van der Waals surface area contributed by atoms with Crippen molar-refractivity contribution >= 4 is 17.7 Å². The second-order valence-electron chi connectivity index (χ2n) is 6.82. The molecule has 2 aromatic rings. The predicted octanol–water partition coefficient (Wildman–Crippen LogP) is 4.00. The van der Waals surface area contributed by atoms with Gasteiger partial charge in [-0.2, -0.15) is 0 Å². The zero-order valence-corrected chi connectivity index (χ0v) is 16.7. The molecule has 2 aromatic carbocycles. The van der Waals surface area contributed by atoms with Crippen LogP contribution in [0, 0.1) is 13.8 Å². The molecule has 1 N–H and O–H groups in total. The SMILES string of the molecule is COC(=O)CCCCCNC(=O)c1ccccc1C(=O)c1ccc(C)c(C)c1. The van der Waals surface area contributed by atoms with Crippen LogP contribution in [0.4, 0.5) is 0 Å². The standard InChI is InChI=1S/C23H27NO4/c1-16-12-13-18(15-17(16)2)22(26)19-9-6-7-10-20(19)23(27)24-14-8-4-5-11-21(25)28-3/h6-7,9-10,12-13,15H,4-5,8,11,14H2,1-3H3,(H,24,27). The molecule has 0 bridgehead atoms. The van der Waals surface area contributed by atoms with E-state index in [2.05, 4.69) is 10.1 Å². The van der Waals surface area contributed by atoms with E-state index in [0.717, 1.165) is 30.4 Å². The summed E-state index contributed by atoms with van der Waals surface area (Å²) in [7, 11) is 1.37. The highest BCUT2D eigenvalue weighted by Crippen LogP contribution is 2.17. The van der Waals surface area contributed by atoms with Gasteiger partial charge in [0.1, 0.15) is 0 Å². The summed E-state index contributed by atoms with van der Waals surface area (Å²) in [5.41, 5.74) is 3.51. The van der Waals surface area contributed by atoms with Crippen LogP contribution in [0.15, 0.2) is 42.5 Å². The highest BCUT2D eigenvalue weighted by atomic mass is 16.5. The molecule has 0 unspecified atom stereocenters. The fraction of sp³-hybridized carbons (Fsp3) is 0.348. The summed E-state index contributed by atoms with van der Waals surface area (Å²) < 4.78 is 4.60. The molecule has 148 valence electrons. The highest BCUT2D eigenvalue weighted by molar-refractivity contribution is 6.15. The van der Waals surface area contributed by atoms with Crippen LogP contribution in [0.2, 0.25) is 0 Å². The topological polar surface area (TPSA) is 72.5 Å². The van der Waals surface area contributed by atoms with Gasteiger partial charge >= 0.3 is 5.97 Å². The third-order valence-electron chi connectivity index (χ3n) is 4.76. The largest absolute Gasteiger partial charge is 0.469 e. The molecule has 5 nitrogen and oxygen atoms in total. The zero-order valence-electron chi connectivity index (χ0n) is 16.7. The van der Waals surface area contributed by atoms with Crippen LogP contribution in [0.5, 0.6) is 0 Å². The lowest BCUT2D eigenvalue weighted by Gasteiger charge is -2.10. The summed E-state index contributed by atoms with van der Waals surface area (Å²) in [6, 6.07) is 12.4.